The molecule has 21 heavy (non-hydrogen) atoms. The molecule has 8 heteroatoms. The molecule has 3 N–H and O–H groups in total. The molecule has 0 spiro atoms. The van der Waals surface area contributed by atoms with E-state index in [1.165, 1.54) is 6.07 Å². The molecule has 1 atom stereocenters. The minimum absolute atomic E-state index is 0.0662. The van der Waals surface area contributed by atoms with Gasteiger partial charge in [0.25, 0.3) is 0 Å². The van der Waals surface area contributed by atoms with Gasteiger partial charge >= 0.3 is 0 Å². The first-order valence-corrected chi connectivity index (χ1v) is 8.59. The largest absolute Gasteiger partial charge is 0.378 e. The van der Waals surface area contributed by atoms with Crippen LogP contribution in [0, 0.1) is 5.82 Å². The zero-order chi connectivity index (χ0) is 15.5. The quantitative estimate of drug-likeness (QED) is 0.829. The number of nitrogens with two attached hydrogens (primary N) is 1. The first kappa shape index (κ1) is 16.6. The summed E-state index contributed by atoms with van der Waals surface area (Å²) < 4.78 is 46.2. The highest BCUT2D eigenvalue weighted by Crippen LogP contribution is 2.23. The molecule has 118 valence electrons. The number of benzene rings is 1. The molecule has 0 aromatic heterocycles. The summed E-state index contributed by atoms with van der Waals surface area (Å²) in [6.45, 7) is 0.780. The Labute approximate surface area is 128 Å². The van der Waals surface area contributed by atoms with Crippen LogP contribution >= 0.6 is 11.6 Å². The zero-order valence-electron chi connectivity index (χ0n) is 11.4. The van der Waals surface area contributed by atoms with Gasteiger partial charge in [-0.1, -0.05) is 11.6 Å². The predicted molar refractivity (Wildman–Crippen MR) is 78.1 cm³/mol. The van der Waals surface area contributed by atoms with Gasteiger partial charge in [-0.05, 0) is 31.4 Å². The van der Waals surface area contributed by atoms with Gasteiger partial charge in [0, 0.05) is 30.3 Å². The molecular formula is C13H18ClFN2O3S. The van der Waals surface area contributed by atoms with Gasteiger partial charge in [0.1, 0.15) is 10.7 Å². The second kappa shape index (κ2) is 7.02. The van der Waals surface area contributed by atoms with Crippen molar-refractivity contribution >= 4 is 21.6 Å². The summed E-state index contributed by atoms with van der Waals surface area (Å²) in [7, 11) is -3.96. The lowest BCUT2D eigenvalue weighted by Gasteiger charge is -2.12. The third-order valence-corrected chi connectivity index (χ3v) is 5.05. The minimum Gasteiger partial charge on any atom is -0.378 e. The van der Waals surface area contributed by atoms with Gasteiger partial charge in [0.2, 0.25) is 10.0 Å². The fourth-order valence-electron chi connectivity index (χ4n) is 2.27. The standard InChI is InChI=1S/C13H18ClFN2O3S/c14-10-6-9(8-16)13(15)12(7-10)21(18,19)17-4-3-11-2-1-5-20-11/h6-7,11,17H,1-5,8,16H2. The summed E-state index contributed by atoms with van der Waals surface area (Å²) in [5.74, 6) is -0.855. The lowest BCUT2D eigenvalue weighted by molar-refractivity contribution is 0.105. The van der Waals surface area contributed by atoms with Crippen LogP contribution in [0.1, 0.15) is 24.8 Å². The molecule has 0 saturated carbocycles. The molecule has 1 unspecified atom stereocenters. The van der Waals surface area contributed by atoms with E-state index in [-0.39, 0.29) is 29.8 Å². The maximum absolute atomic E-state index is 14.1. The average Bonchev–Trinajstić information content (AvgIpc) is 2.93. The first-order chi connectivity index (χ1) is 9.94. The van der Waals surface area contributed by atoms with Crippen LogP contribution in [0.5, 0.6) is 0 Å². The Morgan fingerprint density at radius 2 is 2.24 bits per heavy atom. The minimum atomic E-state index is -3.96. The topological polar surface area (TPSA) is 81.4 Å². The number of nitrogens with one attached hydrogen (secondary N) is 1. The van der Waals surface area contributed by atoms with Crippen LogP contribution in [0.3, 0.4) is 0 Å². The van der Waals surface area contributed by atoms with Crippen molar-refractivity contribution in [2.75, 3.05) is 13.2 Å². The van der Waals surface area contributed by atoms with E-state index in [0.717, 1.165) is 18.9 Å². The molecule has 1 aliphatic rings. The summed E-state index contributed by atoms with van der Waals surface area (Å²) in [6.07, 6.45) is 2.53. The van der Waals surface area contributed by atoms with Crippen LogP contribution in [-0.4, -0.2) is 27.7 Å². The molecule has 5 nitrogen and oxygen atoms in total. The van der Waals surface area contributed by atoms with Crippen LogP contribution < -0.4 is 10.5 Å². The van der Waals surface area contributed by atoms with Crippen LogP contribution in [-0.2, 0) is 21.3 Å². The van der Waals surface area contributed by atoms with Crippen LogP contribution in [0.25, 0.3) is 0 Å². The molecule has 0 radical (unpaired) electrons. The van der Waals surface area contributed by atoms with Crippen molar-refractivity contribution in [3.05, 3.63) is 28.5 Å². The van der Waals surface area contributed by atoms with Gasteiger partial charge in [-0.15, -0.1) is 0 Å². The molecular weight excluding hydrogens is 319 g/mol. The number of rotatable bonds is 6. The van der Waals surface area contributed by atoms with Crippen molar-refractivity contribution < 1.29 is 17.5 Å². The first-order valence-electron chi connectivity index (χ1n) is 6.73. The van der Waals surface area contributed by atoms with E-state index >= 15 is 0 Å². The van der Waals surface area contributed by atoms with Crippen LogP contribution in [0.15, 0.2) is 17.0 Å². The average molecular weight is 337 g/mol. The van der Waals surface area contributed by atoms with Gasteiger partial charge in [-0.3, -0.25) is 0 Å². The van der Waals surface area contributed by atoms with E-state index in [2.05, 4.69) is 4.72 Å². The van der Waals surface area contributed by atoms with Crippen LogP contribution in [0.2, 0.25) is 5.02 Å². The number of hydrogen-bond acceptors (Lipinski definition) is 4. The monoisotopic (exact) mass is 336 g/mol. The second-order valence-corrected chi connectivity index (χ2v) is 7.07. The van der Waals surface area contributed by atoms with Gasteiger partial charge in [0.05, 0.1) is 6.10 Å². The van der Waals surface area contributed by atoms with Crippen molar-refractivity contribution in [3.63, 3.8) is 0 Å². The summed E-state index contributed by atoms with van der Waals surface area (Å²) in [4.78, 5) is -0.470. The van der Waals surface area contributed by atoms with Gasteiger partial charge in [-0.25, -0.2) is 17.5 Å². The smallest absolute Gasteiger partial charge is 0.243 e. The third kappa shape index (κ3) is 4.14. The van der Waals surface area contributed by atoms with Crippen molar-refractivity contribution in [2.45, 2.75) is 36.8 Å². The maximum atomic E-state index is 14.1. The molecule has 1 aromatic carbocycles. The molecule has 1 heterocycles. The van der Waals surface area contributed by atoms with E-state index in [9.17, 15) is 12.8 Å². The van der Waals surface area contributed by atoms with Crippen molar-refractivity contribution in [2.24, 2.45) is 5.73 Å². The molecule has 2 rings (SSSR count). The Kier molecular flexibility index (Phi) is 5.56. The third-order valence-electron chi connectivity index (χ3n) is 3.37. The Balaban J connectivity index is 2.09. The second-order valence-electron chi connectivity index (χ2n) is 4.90. The Bertz CT molecular complexity index is 604. The molecule has 0 amide bonds. The lowest BCUT2D eigenvalue weighted by atomic mass is 10.2. The fourth-order valence-corrected chi connectivity index (χ4v) is 3.76. The van der Waals surface area contributed by atoms with Gasteiger partial charge in [-0.2, -0.15) is 0 Å². The summed E-state index contributed by atoms with van der Waals surface area (Å²) >= 11 is 5.81. The van der Waals surface area contributed by atoms with Crippen LogP contribution in [0.4, 0.5) is 4.39 Å². The molecule has 0 aliphatic carbocycles. The summed E-state index contributed by atoms with van der Waals surface area (Å²) in [5, 5.41) is 0.136. The summed E-state index contributed by atoms with van der Waals surface area (Å²) in [5.41, 5.74) is 5.46. The Morgan fingerprint density at radius 3 is 2.86 bits per heavy atom. The predicted octanol–water partition coefficient (Wildman–Crippen LogP) is 1.79. The molecule has 0 bridgehead atoms. The van der Waals surface area contributed by atoms with Crippen molar-refractivity contribution in [1.82, 2.24) is 4.72 Å². The van der Waals surface area contributed by atoms with Gasteiger partial charge < -0.3 is 10.5 Å². The number of sulfonamides is 1. The normalized spacial score (nSPS) is 19.1. The van der Waals surface area contributed by atoms with Crippen molar-refractivity contribution in [3.8, 4) is 0 Å². The van der Waals surface area contributed by atoms with E-state index in [1.807, 2.05) is 0 Å². The van der Waals surface area contributed by atoms with E-state index < -0.39 is 20.7 Å². The summed E-state index contributed by atoms with van der Waals surface area (Å²) in [6, 6.07) is 2.41. The van der Waals surface area contributed by atoms with Crippen molar-refractivity contribution in [1.29, 1.82) is 0 Å². The SMILES string of the molecule is NCc1cc(Cl)cc(S(=O)(=O)NCCC2CCCO2)c1F. The highest BCUT2D eigenvalue weighted by atomic mass is 35.5. The highest BCUT2D eigenvalue weighted by Gasteiger charge is 2.23. The zero-order valence-corrected chi connectivity index (χ0v) is 13.0. The Hall–Kier alpha value is -0.730. The molecule has 1 aliphatic heterocycles. The maximum Gasteiger partial charge on any atom is 0.243 e. The molecule has 1 saturated heterocycles. The van der Waals surface area contributed by atoms with Gasteiger partial charge in [0.15, 0.2) is 0 Å². The fraction of sp³-hybridized carbons (Fsp3) is 0.538. The van der Waals surface area contributed by atoms with E-state index in [4.69, 9.17) is 22.1 Å². The Morgan fingerprint density at radius 1 is 1.48 bits per heavy atom. The van der Waals surface area contributed by atoms with E-state index in [1.54, 1.807) is 0 Å². The lowest BCUT2D eigenvalue weighted by Crippen LogP contribution is -2.28. The highest BCUT2D eigenvalue weighted by molar-refractivity contribution is 7.89. The van der Waals surface area contributed by atoms with E-state index in [0.29, 0.717) is 13.0 Å². The number of hydrogen-bond donors (Lipinski definition) is 2. The molecule has 1 fully saturated rings. The molecule has 1 aromatic rings. The number of halogens is 2. The number of ether oxygens (including phenoxy) is 1.